The second-order valence-electron chi connectivity index (χ2n) is 7.87. The monoisotopic (exact) mass is 498 g/mol. The Hall–Kier alpha value is -3.59. The number of nitrogens with zero attached hydrogens (tertiary/aromatic N) is 1. The van der Waals surface area contributed by atoms with E-state index in [1.807, 2.05) is 30.3 Å². The number of halogens is 1. The summed E-state index contributed by atoms with van der Waals surface area (Å²) in [6.45, 7) is 4.25. The molecule has 1 fully saturated rings. The van der Waals surface area contributed by atoms with Crippen molar-refractivity contribution < 1.29 is 29.3 Å². The quantitative estimate of drug-likeness (QED) is 0.428. The second kappa shape index (κ2) is 12.2. The molecule has 0 aliphatic carbocycles. The van der Waals surface area contributed by atoms with Crippen molar-refractivity contribution in [3.63, 3.8) is 0 Å². The highest BCUT2D eigenvalue weighted by atomic mass is 35.5. The summed E-state index contributed by atoms with van der Waals surface area (Å²) in [5.41, 5.74) is 1.71. The summed E-state index contributed by atoms with van der Waals surface area (Å²) in [7, 11) is 0. The first-order chi connectivity index (χ1) is 16.5. The Labute approximate surface area is 209 Å². The van der Waals surface area contributed by atoms with E-state index in [1.165, 1.54) is 18.2 Å². The molecule has 0 bridgehead atoms. The number of aromatic hydroxyl groups is 1. The van der Waals surface area contributed by atoms with Crippen LogP contribution in [0.5, 0.6) is 11.5 Å². The number of carbonyl (C=O) groups excluding carboxylic acids is 1. The fourth-order valence-corrected chi connectivity index (χ4v) is 3.74. The number of morpholine rings is 1. The molecule has 4 rings (SSSR count). The minimum atomic E-state index is -1.17. The van der Waals surface area contributed by atoms with Gasteiger partial charge in [-0.2, -0.15) is 0 Å². The van der Waals surface area contributed by atoms with Gasteiger partial charge in [0.1, 0.15) is 18.1 Å². The minimum absolute atomic E-state index is 0. The number of nitrogens with one attached hydrogen (secondary N) is 1. The van der Waals surface area contributed by atoms with Crippen molar-refractivity contribution >= 4 is 30.0 Å². The van der Waals surface area contributed by atoms with Crippen molar-refractivity contribution in [2.24, 2.45) is 0 Å². The van der Waals surface area contributed by atoms with Crippen LogP contribution in [0.3, 0.4) is 0 Å². The molecular formula is C26H27ClN2O6. The number of ether oxygens (including phenoxy) is 2. The number of carboxylic acids is 1. The van der Waals surface area contributed by atoms with Crippen molar-refractivity contribution in [3.05, 3.63) is 77.9 Å². The summed E-state index contributed by atoms with van der Waals surface area (Å²) in [5.74, 6) is -1.59. The first kappa shape index (κ1) is 26.0. The molecule has 8 nitrogen and oxygen atoms in total. The molecule has 0 spiro atoms. The number of carboxylic acid groups (broad SMARTS) is 1. The van der Waals surface area contributed by atoms with Crippen LogP contribution in [0.2, 0.25) is 0 Å². The molecule has 1 aliphatic rings. The number of benzene rings is 3. The van der Waals surface area contributed by atoms with Crippen molar-refractivity contribution in [2.75, 3.05) is 44.8 Å². The van der Waals surface area contributed by atoms with Crippen LogP contribution in [0.15, 0.2) is 66.7 Å². The lowest BCUT2D eigenvalue weighted by atomic mass is 10.0. The van der Waals surface area contributed by atoms with Crippen LogP contribution in [-0.4, -0.2) is 66.4 Å². The molecular weight excluding hydrogens is 472 g/mol. The zero-order valence-electron chi connectivity index (χ0n) is 19.0. The number of hydrogen-bond donors (Lipinski definition) is 3. The zero-order chi connectivity index (χ0) is 23.9. The lowest BCUT2D eigenvalue weighted by Gasteiger charge is -2.26. The predicted octanol–water partition coefficient (Wildman–Crippen LogP) is 4.14. The van der Waals surface area contributed by atoms with Crippen molar-refractivity contribution in [1.82, 2.24) is 4.90 Å². The minimum Gasteiger partial charge on any atom is -0.507 e. The van der Waals surface area contributed by atoms with Crippen molar-refractivity contribution in [1.29, 1.82) is 0 Å². The van der Waals surface area contributed by atoms with Crippen LogP contribution < -0.4 is 10.1 Å². The fraction of sp³-hybridized carbons (Fsp3) is 0.231. The molecule has 1 aliphatic heterocycles. The number of anilines is 1. The standard InChI is InChI=1S/C26H26N2O6.ClH/c29-24-9-7-20(34-15-12-28-10-13-33-14-11-28)17-22(24)25(30)27-23-16-19(6-8-21(23)26(31)32)18-4-2-1-3-5-18;/h1-9,16-17,29H,10-15H2,(H,27,30)(H,31,32);1H. The third-order valence-electron chi connectivity index (χ3n) is 5.60. The number of hydrogen-bond acceptors (Lipinski definition) is 6. The van der Waals surface area contributed by atoms with Crippen molar-refractivity contribution in [3.8, 4) is 22.6 Å². The fourth-order valence-electron chi connectivity index (χ4n) is 3.74. The van der Waals surface area contributed by atoms with Crippen LogP contribution in [0.25, 0.3) is 11.1 Å². The highest BCUT2D eigenvalue weighted by Gasteiger charge is 2.18. The number of rotatable bonds is 8. The van der Waals surface area contributed by atoms with Gasteiger partial charge in [0.25, 0.3) is 5.91 Å². The summed E-state index contributed by atoms with van der Waals surface area (Å²) < 4.78 is 11.1. The number of carbonyl (C=O) groups is 2. The van der Waals surface area contributed by atoms with Gasteiger partial charge >= 0.3 is 5.97 Å². The summed E-state index contributed by atoms with van der Waals surface area (Å²) in [6, 6.07) is 18.6. The number of phenols is 1. The molecule has 3 aromatic rings. The average Bonchev–Trinajstić information content (AvgIpc) is 2.86. The summed E-state index contributed by atoms with van der Waals surface area (Å²) in [5, 5.41) is 22.5. The molecule has 9 heteroatoms. The molecule has 1 heterocycles. The molecule has 0 unspecified atom stereocenters. The predicted molar refractivity (Wildman–Crippen MR) is 135 cm³/mol. The number of amides is 1. The van der Waals surface area contributed by atoms with Crippen LogP contribution in [0.1, 0.15) is 20.7 Å². The molecule has 184 valence electrons. The van der Waals surface area contributed by atoms with E-state index in [2.05, 4.69) is 10.2 Å². The molecule has 1 saturated heterocycles. The van der Waals surface area contributed by atoms with E-state index in [1.54, 1.807) is 18.2 Å². The Morgan fingerprint density at radius 2 is 1.69 bits per heavy atom. The molecule has 35 heavy (non-hydrogen) atoms. The Morgan fingerprint density at radius 3 is 2.40 bits per heavy atom. The van der Waals surface area contributed by atoms with Gasteiger partial charge in [0.15, 0.2) is 0 Å². The normalized spacial score (nSPS) is 13.5. The number of phenolic OH excluding ortho intramolecular Hbond substituents is 1. The van der Waals surface area contributed by atoms with Crippen LogP contribution in [0, 0.1) is 0 Å². The second-order valence-corrected chi connectivity index (χ2v) is 7.87. The third kappa shape index (κ3) is 6.73. The molecule has 0 radical (unpaired) electrons. The maximum absolute atomic E-state index is 13.0. The molecule has 0 aromatic heterocycles. The highest BCUT2D eigenvalue weighted by Crippen LogP contribution is 2.28. The molecule has 0 saturated carbocycles. The van der Waals surface area contributed by atoms with Gasteiger partial charge in [0.2, 0.25) is 0 Å². The van der Waals surface area contributed by atoms with Crippen LogP contribution in [0.4, 0.5) is 5.69 Å². The van der Waals surface area contributed by atoms with Gasteiger partial charge in [-0.15, -0.1) is 12.4 Å². The first-order valence-electron chi connectivity index (χ1n) is 11.0. The molecule has 3 N–H and O–H groups in total. The van der Waals surface area contributed by atoms with E-state index in [-0.39, 0.29) is 35.0 Å². The molecule has 1 amide bonds. The Balaban J connectivity index is 0.00000342. The van der Waals surface area contributed by atoms with E-state index >= 15 is 0 Å². The van der Waals surface area contributed by atoms with E-state index in [0.29, 0.717) is 25.6 Å². The van der Waals surface area contributed by atoms with Gasteiger partial charge in [-0.05, 0) is 41.5 Å². The Kier molecular flexibility index (Phi) is 9.08. The average molecular weight is 499 g/mol. The molecule has 0 atom stereocenters. The topological polar surface area (TPSA) is 108 Å². The smallest absolute Gasteiger partial charge is 0.337 e. The summed E-state index contributed by atoms with van der Waals surface area (Å²) >= 11 is 0. The number of aromatic carboxylic acids is 1. The van der Waals surface area contributed by atoms with Gasteiger partial charge in [-0.25, -0.2) is 4.79 Å². The lowest BCUT2D eigenvalue weighted by molar-refractivity contribution is 0.0322. The maximum Gasteiger partial charge on any atom is 0.337 e. The van der Waals surface area contributed by atoms with Gasteiger partial charge in [-0.1, -0.05) is 36.4 Å². The largest absolute Gasteiger partial charge is 0.507 e. The van der Waals surface area contributed by atoms with Crippen molar-refractivity contribution in [2.45, 2.75) is 0 Å². The summed E-state index contributed by atoms with van der Waals surface area (Å²) in [6.07, 6.45) is 0. The SMILES string of the molecule is Cl.O=C(Nc1cc(-c2ccccc2)ccc1C(=O)O)c1cc(OCCN2CCOCC2)ccc1O. The Morgan fingerprint density at radius 1 is 0.943 bits per heavy atom. The van der Waals surface area contributed by atoms with Gasteiger partial charge < -0.3 is 25.0 Å². The maximum atomic E-state index is 13.0. The third-order valence-corrected chi connectivity index (χ3v) is 5.60. The zero-order valence-corrected chi connectivity index (χ0v) is 19.8. The van der Waals surface area contributed by atoms with Gasteiger partial charge in [0, 0.05) is 19.6 Å². The van der Waals surface area contributed by atoms with Crippen LogP contribution in [-0.2, 0) is 4.74 Å². The molecule has 3 aromatic carbocycles. The van der Waals surface area contributed by atoms with E-state index in [9.17, 15) is 19.8 Å². The van der Waals surface area contributed by atoms with E-state index in [4.69, 9.17) is 9.47 Å². The summed E-state index contributed by atoms with van der Waals surface area (Å²) in [4.78, 5) is 26.9. The van der Waals surface area contributed by atoms with Crippen LogP contribution >= 0.6 is 12.4 Å². The Bertz CT molecular complexity index is 1170. The lowest BCUT2D eigenvalue weighted by Crippen LogP contribution is -2.38. The van der Waals surface area contributed by atoms with E-state index in [0.717, 1.165) is 30.8 Å². The van der Waals surface area contributed by atoms with E-state index < -0.39 is 11.9 Å². The van der Waals surface area contributed by atoms with Gasteiger partial charge in [-0.3, -0.25) is 9.69 Å². The van der Waals surface area contributed by atoms with Gasteiger partial charge in [0.05, 0.1) is 30.0 Å². The highest BCUT2D eigenvalue weighted by molar-refractivity contribution is 6.09. The first-order valence-corrected chi connectivity index (χ1v) is 11.0.